The van der Waals surface area contributed by atoms with Crippen LogP contribution in [0.15, 0.2) is 77.7 Å². The molecule has 0 aliphatic heterocycles. The standard InChI is InChI=1S/C32H34N4O3/c1-21-4-7-26(30(37)34-27-11-12-27)19-29(21)24-10-13-28-25(18-24)14-16-36(32(28)39)20-22-5-8-23(9-6-22)31(38)35(3)17-15-33-2/h4-10,13-14,16,18-19,27,33H,11-12,15,17,20H2,1-3H3,(H,34,37). The van der Waals surface area contributed by atoms with E-state index in [0.29, 0.717) is 35.6 Å². The normalized spacial score (nSPS) is 12.9. The monoisotopic (exact) mass is 522 g/mol. The van der Waals surface area contributed by atoms with Crippen molar-refractivity contribution in [3.05, 3.63) is 106 Å². The summed E-state index contributed by atoms with van der Waals surface area (Å²) in [6, 6.07) is 21.3. The summed E-state index contributed by atoms with van der Waals surface area (Å²) in [6.45, 7) is 3.81. The molecule has 39 heavy (non-hydrogen) atoms. The van der Waals surface area contributed by atoms with Gasteiger partial charge in [0.15, 0.2) is 0 Å². The molecule has 1 fully saturated rings. The number of benzene rings is 3. The van der Waals surface area contributed by atoms with E-state index in [4.69, 9.17) is 0 Å². The van der Waals surface area contributed by atoms with Gasteiger partial charge in [-0.3, -0.25) is 14.4 Å². The Labute approximate surface area is 228 Å². The third-order valence-corrected chi connectivity index (χ3v) is 7.30. The molecule has 5 rings (SSSR count). The van der Waals surface area contributed by atoms with E-state index in [9.17, 15) is 14.4 Å². The molecule has 1 aliphatic rings. The summed E-state index contributed by atoms with van der Waals surface area (Å²) in [5, 5.41) is 7.59. The summed E-state index contributed by atoms with van der Waals surface area (Å²) in [6.07, 6.45) is 3.91. The van der Waals surface area contributed by atoms with Crippen molar-refractivity contribution in [3.8, 4) is 11.1 Å². The molecule has 0 bridgehead atoms. The minimum absolute atomic E-state index is 0.0280. The third kappa shape index (κ3) is 5.94. The first-order chi connectivity index (χ1) is 18.8. The SMILES string of the molecule is CNCCN(C)C(=O)c1ccc(Cn2ccc3cc(-c4cc(C(=O)NC5CC5)ccc4C)ccc3c2=O)cc1. The van der Waals surface area contributed by atoms with Crippen molar-refractivity contribution in [1.82, 2.24) is 20.1 Å². The Kier molecular flexibility index (Phi) is 7.61. The van der Waals surface area contributed by atoms with Crippen LogP contribution in [-0.2, 0) is 6.54 Å². The smallest absolute Gasteiger partial charge is 0.258 e. The van der Waals surface area contributed by atoms with Gasteiger partial charge < -0.3 is 20.1 Å². The molecular formula is C32H34N4O3. The van der Waals surface area contributed by atoms with E-state index in [1.807, 2.05) is 86.9 Å². The number of nitrogens with zero attached hydrogens (tertiary/aromatic N) is 2. The van der Waals surface area contributed by atoms with Crippen molar-refractivity contribution in [2.75, 3.05) is 27.2 Å². The summed E-state index contributed by atoms with van der Waals surface area (Å²) in [5.74, 6) is -0.0690. The average molecular weight is 523 g/mol. The first kappa shape index (κ1) is 26.4. The zero-order chi connectivity index (χ0) is 27.5. The quantitative estimate of drug-likeness (QED) is 0.345. The number of carbonyl (C=O) groups is 2. The van der Waals surface area contributed by atoms with E-state index >= 15 is 0 Å². The van der Waals surface area contributed by atoms with Crippen molar-refractivity contribution in [2.45, 2.75) is 32.4 Å². The highest BCUT2D eigenvalue weighted by Gasteiger charge is 2.24. The molecule has 1 saturated carbocycles. The lowest BCUT2D eigenvalue weighted by Crippen LogP contribution is -2.32. The van der Waals surface area contributed by atoms with Gasteiger partial charge >= 0.3 is 0 Å². The van der Waals surface area contributed by atoms with Crippen molar-refractivity contribution in [3.63, 3.8) is 0 Å². The third-order valence-electron chi connectivity index (χ3n) is 7.30. The molecule has 0 atom stereocenters. The number of hydrogen-bond acceptors (Lipinski definition) is 4. The lowest BCUT2D eigenvalue weighted by molar-refractivity contribution is 0.0796. The summed E-state index contributed by atoms with van der Waals surface area (Å²) in [5.41, 5.74) is 5.17. The number of likely N-dealkylation sites (N-methyl/N-ethyl adjacent to an activating group) is 2. The molecule has 0 spiro atoms. The Hall–Kier alpha value is -4.23. The Morgan fingerprint density at radius 2 is 1.72 bits per heavy atom. The maximum Gasteiger partial charge on any atom is 0.258 e. The number of fused-ring (bicyclic) bond motifs is 1. The highest BCUT2D eigenvalue weighted by molar-refractivity contribution is 5.97. The Morgan fingerprint density at radius 1 is 0.974 bits per heavy atom. The zero-order valence-corrected chi connectivity index (χ0v) is 22.7. The Bertz CT molecular complexity index is 1590. The minimum Gasteiger partial charge on any atom is -0.349 e. The van der Waals surface area contributed by atoms with Gasteiger partial charge in [0.1, 0.15) is 0 Å². The van der Waals surface area contributed by atoms with Crippen LogP contribution < -0.4 is 16.2 Å². The Morgan fingerprint density at radius 3 is 2.44 bits per heavy atom. The van der Waals surface area contributed by atoms with Crippen LogP contribution in [-0.4, -0.2) is 54.5 Å². The van der Waals surface area contributed by atoms with E-state index < -0.39 is 0 Å². The Balaban J connectivity index is 1.35. The van der Waals surface area contributed by atoms with Crippen LogP contribution in [0.5, 0.6) is 0 Å². The predicted octanol–water partition coefficient (Wildman–Crippen LogP) is 4.21. The molecule has 4 aromatic rings. The average Bonchev–Trinajstić information content (AvgIpc) is 3.77. The van der Waals surface area contributed by atoms with Crippen LogP contribution in [0.3, 0.4) is 0 Å². The van der Waals surface area contributed by atoms with E-state index in [-0.39, 0.29) is 17.4 Å². The molecule has 0 unspecified atom stereocenters. The molecule has 3 aromatic carbocycles. The van der Waals surface area contributed by atoms with Crippen LogP contribution in [0.25, 0.3) is 21.9 Å². The number of hydrogen-bond donors (Lipinski definition) is 2. The summed E-state index contributed by atoms with van der Waals surface area (Å²) in [7, 11) is 3.65. The minimum atomic E-state index is -0.0692. The molecular weight excluding hydrogens is 488 g/mol. The largest absolute Gasteiger partial charge is 0.349 e. The van der Waals surface area contributed by atoms with Crippen LogP contribution in [0.2, 0.25) is 0 Å². The van der Waals surface area contributed by atoms with Gasteiger partial charge in [0.05, 0.1) is 6.54 Å². The number of carbonyl (C=O) groups excluding carboxylic acids is 2. The van der Waals surface area contributed by atoms with Gasteiger partial charge in [-0.2, -0.15) is 0 Å². The van der Waals surface area contributed by atoms with Crippen molar-refractivity contribution < 1.29 is 9.59 Å². The van der Waals surface area contributed by atoms with Gasteiger partial charge in [-0.15, -0.1) is 0 Å². The van der Waals surface area contributed by atoms with Crippen molar-refractivity contribution in [1.29, 1.82) is 0 Å². The van der Waals surface area contributed by atoms with Crippen LogP contribution in [0, 0.1) is 6.92 Å². The number of aromatic nitrogens is 1. The van der Waals surface area contributed by atoms with Crippen molar-refractivity contribution >= 4 is 22.6 Å². The van der Waals surface area contributed by atoms with Gasteiger partial charge in [0, 0.05) is 48.9 Å². The van der Waals surface area contributed by atoms with Gasteiger partial charge in [-0.25, -0.2) is 0 Å². The van der Waals surface area contributed by atoms with E-state index in [1.54, 1.807) is 16.5 Å². The van der Waals surface area contributed by atoms with E-state index in [2.05, 4.69) is 10.6 Å². The van der Waals surface area contributed by atoms with E-state index in [1.165, 1.54) is 0 Å². The van der Waals surface area contributed by atoms with Gasteiger partial charge in [0.25, 0.3) is 17.4 Å². The molecule has 7 heteroatoms. The fourth-order valence-electron chi connectivity index (χ4n) is 4.70. The highest BCUT2D eigenvalue weighted by Crippen LogP contribution is 2.28. The van der Waals surface area contributed by atoms with E-state index in [0.717, 1.165) is 47.0 Å². The number of aryl methyl sites for hydroxylation is 1. The number of amides is 2. The first-order valence-corrected chi connectivity index (χ1v) is 13.4. The molecule has 1 aliphatic carbocycles. The van der Waals surface area contributed by atoms with Crippen LogP contribution in [0.1, 0.15) is 44.7 Å². The fourth-order valence-corrected chi connectivity index (χ4v) is 4.70. The van der Waals surface area contributed by atoms with Crippen molar-refractivity contribution in [2.24, 2.45) is 0 Å². The molecule has 7 nitrogen and oxygen atoms in total. The maximum atomic E-state index is 13.3. The second-order valence-corrected chi connectivity index (χ2v) is 10.4. The molecule has 200 valence electrons. The number of rotatable bonds is 9. The van der Waals surface area contributed by atoms with Gasteiger partial charge in [0.2, 0.25) is 0 Å². The second kappa shape index (κ2) is 11.3. The topological polar surface area (TPSA) is 83.4 Å². The lowest BCUT2D eigenvalue weighted by atomic mass is 9.96. The number of pyridine rings is 1. The molecule has 2 N–H and O–H groups in total. The molecule has 2 amide bonds. The molecule has 0 saturated heterocycles. The van der Waals surface area contributed by atoms with Gasteiger partial charge in [-0.1, -0.05) is 24.3 Å². The van der Waals surface area contributed by atoms with Crippen LogP contribution in [0.4, 0.5) is 0 Å². The summed E-state index contributed by atoms with van der Waals surface area (Å²) >= 11 is 0. The highest BCUT2D eigenvalue weighted by atomic mass is 16.2. The fraction of sp³-hybridized carbons (Fsp3) is 0.281. The summed E-state index contributed by atoms with van der Waals surface area (Å²) < 4.78 is 1.69. The van der Waals surface area contributed by atoms with Crippen LogP contribution >= 0.6 is 0 Å². The molecule has 1 aromatic heterocycles. The zero-order valence-electron chi connectivity index (χ0n) is 22.7. The predicted molar refractivity (Wildman–Crippen MR) is 155 cm³/mol. The number of nitrogens with one attached hydrogen (secondary N) is 2. The van der Waals surface area contributed by atoms with Gasteiger partial charge in [-0.05, 0) is 96.9 Å². The summed E-state index contributed by atoms with van der Waals surface area (Å²) in [4.78, 5) is 40.2. The first-order valence-electron chi connectivity index (χ1n) is 13.4. The molecule has 1 heterocycles. The second-order valence-electron chi connectivity index (χ2n) is 10.4. The lowest BCUT2D eigenvalue weighted by Gasteiger charge is -2.17. The maximum absolute atomic E-state index is 13.3. The molecule has 0 radical (unpaired) electrons.